The maximum absolute atomic E-state index is 13.3. The maximum atomic E-state index is 13.3. The molecule has 0 saturated heterocycles. The van der Waals surface area contributed by atoms with Gasteiger partial charge in [0.25, 0.3) is 10.0 Å². The molecule has 8 heteroatoms. The number of sulfonamides is 1. The second-order valence-electron chi connectivity index (χ2n) is 6.43. The average Bonchev–Trinajstić information content (AvgIpc) is 2.77. The zero-order valence-electron chi connectivity index (χ0n) is 16.3. The van der Waals surface area contributed by atoms with Crippen molar-refractivity contribution in [1.82, 2.24) is 5.32 Å². The quantitative estimate of drug-likeness (QED) is 0.597. The van der Waals surface area contributed by atoms with Gasteiger partial charge < -0.3 is 10.1 Å². The zero-order chi connectivity index (χ0) is 21.6. The summed E-state index contributed by atoms with van der Waals surface area (Å²) in [7, 11) is -2.46. The van der Waals surface area contributed by atoms with Crippen molar-refractivity contribution in [3.05, 3.63) is 90.2 Å². The number of nitrogens with one attached hydrogen (secondary N) is 1. The first-order valence-corrected chi connectivity index (χ1v) is 10.6. The Balaban J connectivity index is 1.79. The number of halogens is 1. The van der Waals surface area contributed by atoms with Crippen LogP contribution in [-0.2, 0) is 21.4 Å². The number of hydrogen-bond donors (Lipinski definition) is 1. The Labute approximate surface area is 175 Å². The van der Waals surface area contributed by atoms with E-state index in [1.54, 1.807) is 49.6 Å². The van der Waals surface area contributed by atoms with Crippen LogP contribution in [0.4, 0.5) is 10.1 Å². The van der Waals surface area contributed by atoms with Gasteiger partial charge in [0.15, 0.2) is 0 Å². The van der Waals surface area contributed by atoms with Crippen LogP contribution >= 0.6 is 0 Å². The molecule has 156 valence electrons. The first-order chi connectivity index (χ1) is 14.4. The Hall–Kier alpha value is -3.39. The predicted octanol–water partition coefficient (Wildman–Crippen LogP) is 3.35. The van der Waals surface area contributed by atoms with Crippen LogP contribution in [0.15, 0.2) is 83.8 Å². The summed E-state index contributed by atoms with van der Waals surface area (Å²) in [6, 6.07) is 19.9. The highest BCUT2D eigenvalue weighted by Crippen LogP contribution is 2.23. The molecule has 1 N–H and O–H groups in total. The van der Waals surface area contributed by atoms with Crippen molar-refractivity contribution >= 4 is 21.6 Å². The van der Waals surface area contributed by atoms with Crippen molar-refractivity contribution in [2.75, 3.05) is 18.0 Å². The molecule has 0 unspecified atom stereocenters. The molecular weight excluding hydrogens is 407 g/mol. The molecule has 0 aromatic heterocycles. The third kappa shape index (κ3) is 5.15. The number of benzene rings is 3. The van der Waals surface area contributed by atoms with Crippen molar-refractivity contribution in [1.29, 1.82) is 0 Å². The van der Waals surface area contributed by atoms with Crippen LogP contribution in [-0.4, -0.2) is 28.0 Å². The standard InChI is InChI=1S/C22H21FN2O4S/c1-29-20-13-7-17(8-14-20)15-24-22(26)16-25(19-11-9-18(23)10-12-19)30(27,28)21-5-3-2-4-6-21/h2-14H,15-16H2,1H3,(H,24,26). The Morgan fingerprint density at radius 2 is 1.60 bits per heavy atom. The van der Waals surface area contributed by atoms with Gasteiger partial charge >= 0.3 is 0 Å². The van der Waals surface area contributed by atoms with Crippen LogP contribution in [0.3, 0.4) is 0 Å². The summed E-state index contributed by atoms with van der Waals surface area (Å²) in [6.07, 6.45) is 0. The number of carbonyl (C=O) groups excluding carboxylic acids is 1. The third-order valence-electron chi connectivity index (χ3n) is 4.38. The van der Waals surface area contributed by atoms with Crippen LogP contribution in [0.1, 0.15) is 5.56 Å². The van der Waals surface area contributed by atoms with E-state index in [1.807, 2.05) is 0 Å². The number of methoxy groups -OCH3 is 1. The molecule has 30 heavy (non-hydrogen) atoms. The fraction of sp³-hybridized carbons (Fsp3) is 0.136. The van der Waals surface area contributed by atoms with Crippen LogP contribution < -0.4 is 14.4 Å². The van der Waals surface area contributed by atoms with E-state index < -0.39 is 28.3 Å². The van der Waals surface area contributed by atoms with E-state index in [2.05, 4.69) is 5.32 Å². The SMILES string of the molecule is COc1ccc(CNC(=O)CN(c2ccc(F)cc2)S(=O)(=O)c2ccccc2)cc1. The lowest BCUT2D eigenvalue weighted by Crippen LogP contribution is -2.40. The van der Waals surface area contributed by atoms with Crippen LogP contribution in [0.2, 0.25) is 0 Å². The van der Waals surface area contributed by atoms with Crippen LogP contribution in [0, 0.1) is 5.82 Å². The average molecular weight is 428 g/mol. The third-order valence-corrected chi connectivity index (χ3v) is 6.17. The monoisotopic (exact) mass is 428 g/mol. The van der Waals surface area contributed by atoms with E-state index in [1.165, 1.54) is 24.3 Å². The minimum atomic E-state index is -4.02. The van der Waals surface area contributed by atoms with Crippen molar-refractivity contribution in [2.24, 2.45) is 0 Å². The Bertz CT molecular complexity index is 1090. The Morgan fingerprint density at radius 3 is 2.20 bits per heavy atom. The number of nitrogens with zero attached hydrogens (tertiary/aromatic N) is 1. The summed E-state index contributed by atoms with van der Waals surface area (Å²) in [5, 5.41) is 2.71. The fourth-order valence-electron chi connectivity index (χ4n) is 2.77. The zero-order valence-corrected chi connectivity index (χ0v) is 17.1. The van der Waals surface area contributed by atoms with Crippen molar-refractivity contribution in [2.45, 2.75) is 11.4 Å². The summed E-state index contributed by atoms with van der Waals surface area (Å²) in [6.45, 7) is -0.218. The van der Waals surface area contributed by atoms with Gasteiger partial charge in [-0.2, -0.15) is 0 Å². The van der Waals surface area contributed by atoms with E-state index in [0.29, 0.717) is 5.75 Å². The summed E-state index contributed by atoms with van der Waals surface area (Å²) in [5.74, 6) is -0.295. The van der Waals surface area contributed by atoms with E-state index in [4.69, 9.17) is 4.74 Å². The van der Waals surface area contributed by atoms with Gasteiger partial charge in [0, 0.05) is 6.54 Å². The molecule has 0 aliphatic rings. The number of carbonyl (C=O) groups is 1. The highest BCUT2D eigenvalue weighted by atomic mass is 32.2. The lowest BCUT2D eigenvalue weighted by molar-refractivity contribution is -0.119. The highest BCUT2D eigenvalue weighted by Gasteiger charge is 2.27. The second-order valence-corrected chi connectivity index (χ2v) is 8.29. The number of anilines is 1. The van der Waals surface area contributed by atoms with E-state index >= 15 is 0 Å². The predicted molar refractivity (Wildman–Crippen MR) is 112 cm³/mol. The molecule has 0 atom stereocenters. The minimum Gasteiger partial charge on any atom is -0.497 e. The first-order valence-electron chi connectivity index (χ1n) is 9.13. The van der Waals surface area contributed by atoms with Gasteiger partial charge in [-0.15, -0.1) is 0 Å². The van der Waals surface area contributed by atoms with E-state index in [-0.39, 0.29) is 17.1 Å². The molecule has 6 nitrogen and oxygen atoms in total. The normalized spacial score (nSPS) is 11.0. The number of ether oxygens (including phenoxy) is 1. The fourth-order valence-corrected chi connectivity index (χ4v) is 4.21. The topological polar surface area (TPSA) is 75.7 Å². The lowest BCUT2D eigenvalue weighted by atomic mass is 10.2. The Morgan fingerprint density at radius 1 is 0.967 bits per heavy atom. The number of hydrogen-bond acceptors (Lipinski definition) is 4. The van der Waals surface area contributed by atoms with Gasteiger partial charge in [-0.3, -0.25) is 9.10 Å². The van der Waals surface area contributed by atoms with Gasteiger partial charge in [-0.25, -0.2) is 12.8 Å². The summed E-state index contributed by atoms with van der Waals surface area (Å²) >= 11 is 0. The van der Waals surface area contributed by atoms with Crippen molar-refractivity contribution in [3.8, 4) is 5.75 Å². The van der Waals surface area contributed by atoms with Gasteiger partial charge in [0.2, 0.25) is 5.91 Å². The number of amides is 1. The summed E-state index contributed by atoms with van der Waals surface area (Å²) in [4.78, 5) is 12.6. The second kappa shape index (κ2) is 9.41. The molecule has 0 bridgehead atoms. The molecule has 3 aromatic rings. The first kappa shape index (κ1) is 21.3. The van der Waals surface area contributed by atoms with Crippen molar-refractivity contribution < 1.29 is 22.3 Å². The molecule has 0 spiro atoms. The van der Waals surface area contributed by atoms with Gasteiger partial charge in [0.1, 0.15) is 18.1 Å². The summed E-state index contributed by atoms with van der Waals surface area (Å²) in [5.41, 5.74) is 1.03. The maximum Gasteiger partial charge on any atom is 0.264 e. The minimum absolute atomic E-state index is 0.0391. The Kier molecular flexibility index (Phi) is 6.68. The van der Waals surface area contributed by atoms with Crippen LogP contribution in [0.25, 0.3) is 0 Å². The van der Waals surface area contributed by atoms with Crippen LogP contribution in [0.5, 0.6) is 5.75 Å². The molecular formula is C22H21FN2O4S. The smallest absolute Gasteiger partial charge is 0.264 e. The van der Waals surface area contributed by atoms with Gasteiger partial charge in [-0.05, 0) is 54.1 Å². The lowest BCUT2D eigenvalue weighted by Gasteiger charge is -2.24. The van der Waals surface area contributed by atoms with E-state index in [9.17, 15) is 17.6 Å². The molecule has 3 aromatic carbocycles. The largest absolute Gasteiger partial charge is 0.497 e. The number of rotatable bonds is 8. The molecule has 1 amide bonds. The molecule has 0 saturated carbocycles. The van der Waals surface area contributed by atoms with Gasteiger partial charge in [-0.1, -0.05) is 30.3 Å². The summed E-state index contributed by atoms with van der Waals surface area (Å²) < 4.78 is 45.7. The molecule has 0 aliphatic heterocycles. The molecule has 0 heterocycles. The molecule has 0 radical (unpaired) electrons. The molecule has 0 aliphatic carbocycles. The van der Waals surface area contributed by atoms with E-state index in [0.717, 1.165) is 22.0 Å². The molecule has 3 rings (SSSR count). The molecule has 0 fully saturated rings. The highest BCUT2D eigenvalue weighted by molar-refractivity contribution is 7.92. The van der Waals surface area contributed by atoms with Gasteiger partial charge in [0.05, 0.1) is 17.7 Å². The van der Waals surface area contributed by atoms with Crippen molar-refractivity contribution in [3.63, 3.8) is 0 Å².